The standard InChI is InChI=1S/C19H25FN4O2/c1-19(2,3)26-18(25)21-8-13-10-24(11-13)12-14-9-22-23-17(14)15-6-4-5-7-16(15)20/h4-7,9,13H,8,10-12H2,1-3H3,(H,21,25)(H,22,23). The second kappa shape index (κ2) is 7.45. The maximum absolute atomic E-state index is 14.0. The van der Waals surface area contributed by atoms with E-state index in [1.54, 1.807) is 18.3 Å². The third-order valence-corrected chi connectivity index (χ3v) is 4.22. The Balaban J connectivity index is 1.48. The lowest BCUT2D eigenvalue weighted by Gasteiger charge is -2.39. The minimum atomic E-state index is -0.486. The first kappa shape index (κ1) is 18.4. The Morgan fingerprint density at radius 2 is 2.12 bits per heavy atom. The lowest BCUT2D eigenvalue weighted by molar-refractivity contribution is 0.0457. The number of halogens is 1. The number of carbonyl (C=O) groups is 1. The van der Waals surface area contributed by atoms with Crippen LogP contribution < -0.4 is 5.32 Å². The summed E-state index contributed by atoms with van der Waals surface area (Å²) in [5.41, 5.74) is 1.73. The number of benzene rings is 1. The van der Waals surface area contributed by atoms with Crippen molar-refractivity contribution >= 4 is 6.09 Å². The molecule has 0 bridgehead atoms. The fraction of sp³-hybridized carbons (Fsp3) is 0.474. The Labute approximate surface area is 152 Å². The van der Waals surface area contributed by atoms with Crippen molar-refractivity contribution in [3.05, 3.63) is 41.8 Å². The van der Waals surface area contributed by atoms with Crippen molar-refractivity contribution in [2.24, 2.45) is 5.92 Å². The molecular formula is C19H25FN4O2. The molecule has 0 unspecified atom stereocenters. The molecule has 2 aromatic rings. The molecule has 1 aromatic heterocycles. The highest BCUT2D eigenvalue weighted by Gasteiger charge is 2.28. The van der Waals surface area contributed by atoms with E-state index in [1.807, 2.05) is 26.8 Å². The van der Waals surface area contributed by atoms with Crippen LogP contribution in [0.2, 0.25) is 0 Å². The molecule has 0 atom stereocenters. The van der Waals surface area contributed by atoms with Crippen molar-refractivity contribution < 1.29 is 13.9 Å². The van der Waals surface area contributed by atoms with Crippen LogP contribution in [0, 0.1) is 11.7 Å². The molecular weight excluding hydrogens is 335 g/mol. The van der Waals surface area contributed by atoms with Gasteiger partial charge in [0.25, 0.3) is 0 Å². The van der Waals surface area contributed by atoms with E-state index in [-0.39, 0.29) is 11.9 Å². The van der Waals surface area contributed by atoms with Gasteiger partial charge < -0.3 is 10.1 Å². The summed E-state index contributed by atoms with van der Waals surface area (Å²) in [4.78, 5) is 13.9. The SMILES string of the molecule is CC(C)(C)OC(=O)NCC1CN(Cc2cn[nH]c2-c2ccccc2F)C1. The molecule has 1 aliphatic rings. The van der Waals surface area contributed by atoms with E-state index in [1.165, 1.54) is 6.07 Å². The Hall–Kier alpha value is -2.41. The molecule has 2 heterocycles. The smallest absolute Gasteiger partial charge is 0.407 e. The molecule has 1 fully saturated rings. The average molecular weight is 360 g/mol. The van der Waals surface area contributed by atoms with Gasteiger partial charge in [-0.15, -0.1) is 0 Å². The second-order valence-corrected chi connectivity index (χ2v) is 7.69. The molecule has 3 rings (SSSR count). The Bertz CT molecular complexity index is 763. The van der Waals surface area contributed by atoms with Gasteiger partial charge in [-0.1, -0.05) is 12.1 Å². The number of hydrogen-bond donors (Lipinski definition) is 2. The van der Waals surface area contributed by atoms with Crippen LogP contribution in [0.1, 0.15) is 26.3 Å². The van der Waals surface area contributed by atoms with Crippen LogP contribution >= 0.6 is 0 Å². The number of carbonyl (C=O) groups excluding carboxylic acids is 1. The quantitative estimate of drug-likeness (QED) is 0.859. The molecule has 1 aliphatic heterocycles. The summed E-state index contributed by atoms with van der Waals surface area (Å²) in [6.07, 6.45) is 1.36. The van der Waals surface area contributed by atoms with Crippen molar-refractivity contribution in [2.75, 3.05) is 19.6 Å². The van der Waals surface area contributed by atoms with Crippen LogP contribution in [-0.4, -0.2) is 46.4 Å². The molecule has 6 nitrogen and oxygen atoms in total. The predicted molar refractivity (Wildman–Crippen MR) is 97.0 cm³/mol. The fourth-order valence-electron chi connectivity index (χ4n) is 3.05. The maximum Gasteiger partial charge on any atom is 0.407 e. The minimum Gasteiger partial charge on any atom is -0.444 e. The molecule has 26 heavy (non-hydrogen) atoms. The van der Waals surface area contributed by atoms with Crippen molar-refractivity contribution in [3.63, 3.8) is 0 Å². The first-order chi connectivity index (χ1) is 12.3. The predicted octanol–water partition coefficient (Wildman–Crippen LogP) is 3.17. The van der Waals surface area contributed by atoms with Crippen molar-refractivity contribution in [1.29, 1.82) is 0 Å². The van der Waals surface area contributed by atoms with Crippen LogP contribution in [0.4, 0.5) is 9.18 Å². The van der Waals surface area contributed by atoms with Crippen molar-refractivity contribution in [3.8, 4) is 11.3 Å². The number of H-pyrrole nitrogens is 1. The largest absolute Gasteiger partial charge is 0.444 e. The average Bonchev–Trinajstić information content (AvgIpc) is 2.96. The Kier molecular flexibility index (Phi) is 5.27. The molecule has 7 heteroatoms. The van der Waals surface area contributed by atoms with Crippen LogP contribution in [0.25, 0.3) is 11.3 Å². The highest BCUT2D eigenvalue weighted by Crippen LogP contribution is 2.27. The topological polar surface area (TPSA) is 70.2 Å². The number of amides is 1. The zero-order valence-corrected chi connectivity index (χ0v) is 15.4. The summed E-state index contributed by atoms with van der Waals surface area (Å²) in [6.45, 7) is 8.57. The first-order valence-electron chi connectivity index (χ1n) is 8.78. The van der Waals surface area contributed by atoms with E-state index in [0.717, 1.165) is 24.3 Å². The van der Waals surface area contributed by atoms with Crippen molar-refractivity contribution in [2.45, 2.75) is 32.9 Å². The number of rotatable bonds is 5. The number of nitrogens with one attached hydrogen (secondary N) is 2. The highest BCUT2D eigenvalue weighted by molar-refractivity contribution is 5.67. The van der Waals surface area contributed by atoms with Crippen LogP contribution in [0.15, 0.2) is 30.5 Å². The molecule has 0 aliphatic carbocycles. The van der Waals surface area contributed by atoms with Crippen LogP contribution in [0.5, 0.6) is 0 Å². The number of aromatic amines is 1. The molecule has 2 N–H and O–H groups in total. The summed E-state index contributed by atoms with van der Waals surface area (Å²) in [5, 5.41) is 9.78. The summed E-state index contributed by atoms with van der Waals surface area (Å²) in [6, 6.07) is 6.68. The van der Waals surface area contributed by atoms with Gasteiger partial charge in [-0.25, -0.2) is 9.18 Å². The molecule has 1 aromatic carbocycles. The Morgan fingerprint density at radius 1 is 1.38 bits per heavy atom. The highest BCUT2D eigenvalue weighted by atomic mass is 19.1. The monoisotopic (exact) mass is 360 g/mol. The van der Waals surface area contributed by atoms with E-state index in [4.69, 9.17) is 4.74 Å². The van der Waals surface area contributed by atoms with Gasteiger partial charge in [0.2, 0.25) is 0 Å². The number of ether oxygens (including phenoxy) is 1. The number of aromatic nitrogens is 2. The Morgan fingerprint density at radius 3 is 2.81 bits per heavy atom. The third kappa shape index (κ3) is 4.60. The molecule has 140 valence electrons. The van der Waals surface area contributed by atoms with E-state index < -0.39 is 5.60 Å². The fourth-order valence-corrected chi connectivity index (χ4v) is 3.05. The molecule has 0 spiro atoms. The third-order valence-electron chi connectivity index (χ3n) is 4.22. The minimum absolute atomic E-state index is 0.263. The van der Waals surface area contributed by atoms with Gasteiger partial charge in [0, 0.05) is 43.2 Å². The lowest BCUT2D eigenvalue weighted by atomic mass is 9.98. The van der Waals surface area contributed by atoms with Gasteiger partial charge in [0.05, 0.1) is 11.9 Å². The van der Waals surface area contributed by atoms with E-state index >= 15 is 0 Å². The molecule has 0 saturated carbocycles. The normalized spacial score (nSPS) is 15.5. The van der Waals surface area contributed by atoms with Gasteiger partial charge >= 0.3 is 6.09 Å². The van der Waals surface area contributed by atoms with Crippen LogP contribution in [0.3, 0.4) is 0 Å². The van der Waals surface area contributed by atoms with E-state index in [0.29, 0.717) is 24.6 Å². The zero-order valence-electron chi connectivity index (χ0n) is 15.4. The molecule has 0 radical (unpaired) electrons. The van der Waals surface area contributed by atoms with Crippen molar-refractivity contribution in [1.82, 2.24) is 20.4 Å². The number of likely N-dealkylation sites (tertiary alicyclic amines) is 1. The van der Waals surface area contributed by atoms with E-state index in [2.05, 4.69) is 20.4 Å². The van der Waals surface area contributed by atoms with Gasteiger partial charge in [-0.05, 0) is 32.9 Å². The summed E-state index contributed by atoms with van der Waals surface area (Å²) < 4.78 is 19.2. The molecule has 1 amide bonds. The van der Waals surface area contributed by atoms with Gasteiger partial charge in [-0.3, -0.25) is 10.00 Å². The summed E-state index contributed by atoms with van der Waals surface area (Å²) in [5.74, 6) is 0.132. The maximum atomic E-state index is 14.0. The van der Waals surface area contributed by atoms with Gasteiger partial charge in [0.1, 0.15) is 11.4 Å². The number of hydrogen-bond acceptors (Lipinski definition) is 4. The lowest BCUT2D eigenvalue weighted by Crippen LogP contribution is -2.51. The number of nitrogens with zero attached hydrogens (tertiary/aromatic N) is 2. The first-order valence-corrected chi connectivity index (χ1v) is 8.78. The van der Waals surface area contributed by atoms with Crippen LogP contribution in [-0.2, 0) is 11.3 Å². The number of alkyl carbamates (subject to hydrolysis) is 1. The van der Waals surface area contributed by atoms with Gasteiger partial charge in [0.15, 0.2) is 0 Å². The molecule has 1 saturated heterocycles. The second-order valence-electron chi connectivity index (χ2n) is 7.69. The van der Waals surface area contributed by atoms with Gasteiger partial charge in [-0.2, -0.15) is 5.10 Å². The zero-order chi connectivity index (χ0) is 18.7. The van der Waals surface area contributed by atoms with E-state index in [9.17, 15) is 9.18 Å². The summed E-state index contributed by atoms with van der Waals surface area (Å²) in [7, 11) is 0. The summed E-state index contributed by atoms with van der Waals surface area (Å²) >= 11 is 0.